The number of aryl methyl sites for hydroxylation is 2. The van der Waals surface area contributed by atoms with Gasteiger partial charge < -0.3 is 9.72 Å². The Morgan fingerprint density at radius 1 is 0.939 bits per heavy atom. The van der Waals surface area contributed by atoms with E-state index in [0.717, 1.165) is 0 Å². The fourth-order valence-electron chi connectivity index (χ4n) is 3.71. The maximum Gasteiger partial charge on any atom is 0.269 e. The molecular formula is C23H20ClNO6S2. The number of H-pyrrole nitrogens is 1. The smallest absolute Gasteiger partial charge is 0.269 e. The maximum absolute atomic E-state index is 13.2. The lowest BCUT2D eigenvalue weighted by molar-refractivity contribution is 0.474. The van der Waals surface area contributed by atoms with Gasteiger partial charge in [-0.2, -0.15) is 8.42 Å². The molecule has 0 radical (unpaired) electrons. The van der Waals surface area contributed by atoms with Gasteiger partial charge in [0.2, 0.25) is 9.84 Å². The van der Waals surface area contributed by atoms with Crippen molar-refractivity contribution < 1.29 is 26.1 Å². The van der Waals surface area contributed by atoms with Gasteiger partial charge in [0, 0.05) is 22.1 Å². The monoisotopic (exact) mass is 505 g/mol. The van der Waals surface area contributed by atoms with Crippen LogP contribution in [0.15, 0.2) is 70.6 Å². The molecule has 0 unspecified atom stereocenters. The van der Waals surface area contributed by atoms with Crippen LogP contribution in [-0.2, 0) is 25.7 Å². The van der Waals surface area contributed by atoms with Crippen LogP contribution in [-0.4, -0.2) is 26.4 Å². The number of halogens is 1. The summed E-state index contributed by atoms with van der Waals surface area (Å²) >= 11 is 5.89. The molecular weight excluding hydrogens is 486 g/mol. The summed E-state index contributed by atoms with van der Waals surface area (Å²) in [6.45, 7) is 3.53. The van der Waals surface area contributed by atoms with Crippen LogP contribution in [0.5, 0.6) is 11.5 Å². The van der Waals surface area contributed by atoms with Crippen LogP contribution >= 0.6 is 11.6 Å². The molecule has 0 amide bonds. The molecule has 0 fully saturated rings. The van der Waals surface area contributed by atoms with Gasteiger partial charge in [-0.15, -0.1) is 0 Å². The second kappa shape index (κ2) is 8.49. The summed E-state index contributed by atoms with van der Waals surface area (Å²) in [7, 11) is -7.95. The Balaban J connectivity index is 1.72. The van der Waals surface area contributed by atoms with Gasteiger partial charge in [-0.25, -0.2) is 8.42 Å². The Kier molecular flexibility index (Phi) is 6.00. The van der Waals surface area contributed by atoms with E-state index in [9.17, 15) is 16.8 Å². The van der Waals surface area contributed by atoms with Crippen LogP contribution in [0, 0.1) is 13.8 Å². The lowest BCUT2D eigenvalue weighted by Crippen LogP contribution is -2.03. The van der Waals surface area contributed by atoms with Crippen LogP contribution in [0.2, 0.25) is 5.02 Å². The van der Waals surface area contributed by atoms with Gasteiger partial charge in [-0.3, -0.25) is 4.55 Å². The molecule has 4 rings (SSSR count). The standard InChI is InChI=1S/C23H20ClNO6S2/c1-14-9-16(13-32(26,27)28)10-15(2)23(14)31-18-5-8-21-20(11-18)22(12-25-21)33(29,30)19-6-3-17(24)4-7-19/h3-12,25H,13H2,1-2H3,(H,26,27,28). The van der Waals surface area contributed by atoms with Crippen molar-refractivity contribution in [1.29, 1.82) is 0 Å². The molecule has 2 N–H and O–H groups in total. The van der Waals surface area contributed by atoms with Gasteiger partial charge in [-0.05, 0) is 73.0 Å². The van der Waals surface area contributed by atoms with Gasteiger partial charge in [-0.1, -0.05) is 23.7 Å². The highest BCUT2D eigenvalue weighted by Crippen LogP contribution is 2.35. The molecule has 33 heavy (non-hydrogen) atoms. The normalized spacial score (nSPS) is 12.2. The summed E-state index contributed by atoms with van der Waals surface area (Å²) < 4.78 is 63.9. The molecule has 0 atom stereocenters. The summed E-state index contributed by atoms with van der Waals surface area (Å²) in [6, 6.07) is 14.3. The topological polar surface area (TPSA) is 114 Å². The molecule has 0 saturated carbocycles. The second-order valence-corrected chi connectivity index (χ2v) is 11.5. The largest absolute Gasteiger partial charge is 0.457 e. The van der Waals surface area contributed by atoms with E-state index in [2.05, 4.69) is 4.98 Å². The zero-order valence-electron chi connectivity index (χ0n) is 17.7. The third-order valence-electron chi connectivity index (χ3n) is 5.12. The molecule has 0 bridgehead atoms. The van der Waals surface area contributed by atoms with E-state index in [-0.39, 0.29) is 9.79 Å². The molecule has 1 aromatic heterocycles. The van der Waals surface area contributed by atoms with E-state index in [1.807, 2.05) is 0 Å². The molecule has 0 aliphatic rings. The number of hydrogen-bond acceptors (Lipinski definition) is 5. The molecule has 172 valence electrons. The fraction of sp³-hybridized carbons (Fsp3) is 0.130. The number of aromatic amines is 1. The molecule has 7 nitrogen and oxygen atoms in total. The average molecular weight is 506 g/mol. The minimum atomic E-state index is -4.15. The number of nitrogens with one attached hydrogen (secondary N) is 1. The number of aromatic nitrogens is 1. The molecule has 0 saturated heterocycles. The quantitative estimate of drug-likeness (QED) is 0.337. The van der Waals surface area contributed by atoms with E-state index >= 15 is 0 Å². The maximum atomic E-state index is 13.2. The van der Waals surface area contributed by atoms with Gasteiger partial charge in [0.05, 0.1) is 9.79 Å². The number of hydrogen-bond donors (Lipinski definition) is 2. The summed E-state index contributed by atoms with van der Waals surface area (Å²) in [4.78, 5) is 3.22. The highest BCUT2D eigenvalue weighted by molar-refractivity contribution is 7.91. The minimum absolute atomic E-state index is 0.113. The van der Waals surface area contributed by atoms with Crippen LogP contribution in [0.25, 0.3) is 10.9 Å². The molecule has 0 aliphatic carbocycles. The summed E-state index contributed by atoms with van der Waals surface area (Å²) in [5.74, 6) is 0.449. The number of fused-ring (bicyclic) bond motifs is 1. The highest BCUT2D eigenvalue weighted by Gasteiger charge is 2.22. The van der Waals surface area contributed by atoms with Gasteiger partial charge in [0.1, 0.15) is 17.3 Å². The predicted octanol–water partition coefficient (Wildman–Crippen LogP) is 5.45. The van der Waals surface area contributed by atoms with Crippen molar-refractivity contribution in [2.75, 3.05) is 0 Å². The fourth-order valence-corrected chi connectivity index (χ4v) is 5.85. The van der Waals surface area contributed by atoms with Gasteiger partial charge in [0.15, 0.2) is 0 Å². The van der Waals surface area contributed by atoms with Crippen LogP contribution in [0.3, 0.4) is 0 Å². The zero-order chi connectivity index (χ0) is 24.0. The van der Waals surface area contributed by atoms with Crippen molar-refractivity contribution in [2.45, 2.75) is 29.4 Å². The molecule has 0 spiro atoms. The highest BCUT2D eigenvalue weighted by atomic mass is 35.5. The van der Waals surface area contributed by atoms with Gasteiger partial charge >= 0.3 is 0 Å². The van der Waals surface area contributed by atoms with Crippen molar-refractivity contribution >= 4 is 42.5 Å². The first-order valence-electron chi connectivity index (χ1n) is 9.79. The Labute approximate surface area is 196 Å². The van der Waals surface area contributed by atoms with E-state index in [1.54, 1.807) is 44.2 Å². The zero-order valence-corrected chi connectivity index (χ0v) is 20.1. The Morgan fingerprint density at radius 3 is 2.18 bits per heavy atom. The van der Waals surface area contributed by atoms with Gasteiger partial charge in [0.25, 0.3) is 10.1 Å². The summed E-state index contributed by atoms with van der Waals surface area (Å²) in [5, 5.41) is 0.914. The summed E-state index contributed by atoms with van der Waals surface area (Å²) in [6.07, 6.45) is 1.44. The predicted molar refractivity (Wildman–Crippen MR) is 126 cm³/mol. The second-order valence-electron chi connectivity index (χ2n) is 7.70. The van der Waals surface area contributed by atoms with E-state index in [4.69, 9.17) is 20.9 Å². The molecule has 3 aromatic carbocycles. The number of benzene rings is 3. The third kappa shape index (κ3) is 4.91. The minimum Gasteiger partial charge on any atom is -0.457 e. The first-order valence-corrected chi connectivity index (χ1v) is 13.3. The van der Waals surface area contributed by atoms with Crippen molar-refractivity contribution in [3.63, 3.8) is 0 Å². The number of ether oxygens (including phenoxy) is 1. The molecule has 1 heterocycles. The molecule has 10 heteroatoms. The third-order valence-corrected chi connectivity index (χ3v) is 7.88. The lowest BCUT2D eigenvalue weighted by Gasteiger charge is -2.14. The average Bonchev–Trinajstić information content (AvgIpc) is 3.14. The number of sulfone groups is 1. The Morgan fingerprint density at radius 2 is 1.58 bits per heavy atom. The van der Waals surface area contributed by atoms with Crippen LogP contribution in [0.1, 0.15) is 16.7 Å². The van der Waals surface area contributed by atoms with Crippen molar-refractivity contribution in [3.05, 3.63) is 82.5 Å². The molecule has 4 aromatic rings. The lowest BCUT2D eigenvalue weighted by atomic mass is 10.1. The van der Waals surface area contributed by atoms with Crippen molar-refractivity contribution in [2.24, 2.45) is 0 Å². The first-order chi connectivity index (χ1) is 15.4. The van der Waals surface area contributed by atoms with E-state index in [0.29, 0.717) is 44.1 Å². The van der Waals surface area contributed by atoms with Crippen molar-refractivity contribution in [1.82, 2.24) is 4.98 Å². The van der Waals surface area contributed by atoms with E-state index in [1.165, 1.54) is 30.5 Å². The Hall–Kier alpha value is -2.85. The number of rotatable bonds is 6. The Bertz CT molecular complexity index is 1550. The van der Waals surface area contributed by atoms with E-state index < -0.39 is 25.7 Å². The summed E-state index contributed by atoms with van der Waals surface area (Å²) in [5.41, 5.74) is 2.43. The van der Waals surface area contributed by atoms with Crippen LogP contribution in [0.4, 0.5) is 0 Å². The van der Waals surface area contributed by atoms with Crippen molar-refractivity contribution in [3.8, 4) is 11.5 Å². The molecule has 0 aliphatic heterocycles. The van der Waals surface area contributed by atoms with Crippen LogP contribution < -0.4 is 4.74 Å². The first kappa shape index (κ1) is 23.3. The SMILES string of the molecule is Cc1cc(CS(=O)(=O)O)cc(C)c1Oc1ccc2[nH]cc(S(=O)(=O)c3ccc(Cl)cc3)c2c1.